The number of aromatic nitrogens is 2. The molecule has 1 unspecified atom stereocenters. The minimum absolute atomic E-state index is 0.110. The summed E-state index contributed by atoms with van der Waals surface area (Å²) < 4.78 is 1.46. The van der Waals surface area contributed by atoms with Gasteiger partial charge < -0.3 is 5.11 Å². The van der Waals surface area contributed by atoms with Crippen molar-refractivity contribution in [1.29, 1.82) is 0 Å². The predicted molar refractivity (Wildman–Crippen MR) is 86.2 cm³/mol. The lowest BCUT2D eigenvalue weighted by Gasteiger charge is -2.32. The highest BCUT2D eigenvalue weighted by Crippen LogP contribution is 2.21. The van der Waals surface area contributed by atoms with Crippen LogP contribution in [0.1, 0.15) is 25.5 Å². The maximum absolute atomic E-state index is 12.1. The molecule has 0 aliphatic carbocycles. The molecule has 1 atom stereocenters. The first-order chi connectivity index (χ1) is 10.5. The summed E-state index contributed by atoms with van der Waals surface area (Å²) in [6.07, 6.45) is 3.32. The molecule has 0 spiro atoms. The SMILES string of the molecule is CC(O)C1CCN(Cc2cc(=O)n3cc(Cl)ccc3n2)CC1. The first kappa shape index (κ1) is 15.5. The van der Waals surface area contributed by atoms with E-state index in [0.717, 1.165) is 31.6 Å². The molecular formula is C16H20ClN3O2. The van der Waals surface area contributed by atoms with Crippen molar-refractivity contribution >= 4 is 17.2 Å². The van der Waals surface area contributed by atoms with E-state index in [0.29, 0.717) is 23.1 Å². The summed E-state index contributed by atoms with van der Waals surface area (Å²) in [5, 5.41) is 10.2. The molecular weight excluding hydrogens is 302 g/mol. The lowest BCUT2D eigenvalue weighted by atomic mass is 9.92. The van der Waals surface area contributed by atoms with Crippen molar-refractivity contribution < 1.29 is 5.11 Å². The standard InChI is InChI=1S/C16H20ClN3O2/c1-11(21)12-4-6-19(7-5-12)10-14-8-16(22)20-9-13(17)2-3-15(20)18-14/h2-3,8-9,11-12,21H,4-7,10H2,1H3. The van der Waals surface area contributed by atoms with Gasteiger partial charge in [-0.3, -0.25) is 14.1 Å². The number of likely N-dealkylation sites (tertiary alicyclic amines) is 1. The number of halogens is 1. The molecule has 1 aliphatic heterocycles. The molecule has 1 aliphatic rings. The van der Waals surface area contributed by atoms with Crippen LogP contribution in [-0.4, -0.2) is 38.6 Å². The van der Waals surface area contributed by atoms with E-state index < -0.39 is 0 Å². The molecule has 3 heterocycles. The van der Waals surface area contributed by atoms with Gasteiger partial charge in [0.25, 0.3) is 5.56 Å². The third kappa shape index (κ3) is 3.32. The molecule has 1 saturated heterocycles. The quantitative estimate of drug-likeness (QED) is 0.938. The fourth-order valence-corrected chi connectivity index (χ4v) is 3.19. The van der Waals surface area contributed by atoms with Crippen molar-refractivity contribution in [3.63, 3.8) is 0 Å². The zero-order chi connectivity index (χ0) is 15.7. The number of hydrogen-bond acceptors (Lipinski definition) is 4. The van der Waals surface area contributed by atoms with Gasteiger partial charge in [0.1, 0.15) is 5.65 Å². The fourth-order valence-electron chi connectivity index (χ4n) is 3.03. The Morgan fingerprint density at radius 2 is 2.14 bits per heavy atom. The second-order valence-corrected chi connectivity index (χ2v) is 6.45. The Balaban J connectivity index is 1.75. The molecule has 3 rings (SSSR count). The van der Waals surface area contributed by atoms with Crippen LogP contribution in [0.2, 0.25) is 5.02 Å². The van der Waals surface area contributed by atoms with E-state index in [4.69, 9.17) is 11.6 Å². The Morgan fingerprint density at radius 1 is 1.41 bits per heavy atom. The van der Waals surface area contributed by atoms with E-state index in [1.165, 1.54) is 4.40 Å². The van der Waals surface area contributed by atoms with E-state index in [1.807, 2.05) is 6.92 Å². The highest BCUT2D eigenvalue weighted by atomic mass is 35.5. The van der Waals surface area contributed by atoms with Gasteiger partial charge in [0.05, 0.1) is 16.8 Å². The Hall–Kier alpha value is -1.43. The minimum atomic E-state index is -0.240. The Bertz CT molecular complexity index is 721. The molecule has 0 radical (unpaired) electrons. The van der Waals surface area contributed by atoms with Gasteiger partial charge >= 0.3 is 0 Å². The number of pyridine rings is 1. The van der Waals surface area contributed by atoms with Gasteiger partial charge in [-0.25, -0.2) is 4.98 Å². The van der Waals surface area contributed by atoms with Crippen LogP contribution < -0.4 is 5.56 Å². The summed E-state index contributed by atoms with van der Waals surface area (Å²) in [4.78, 5) is 19.0. The molecule has 0 aromatic carbocycles. The molecule has 2 aromatic rings. The van der Waals surface area contributed by atoms with Gasteiger partial charge in [0.2, 0.25) is 0 Å². The fraction of sp³-hybridized carbons (Fsp3) is 0.500. The molecule has 6 heteroatoms. The molecule has 22 heavy (non-hydrogen) atoms. The van der Waals surface area contributed by atoms with E-state index in [2.05, 4.69) is 9.88 Å². The summed E-state index contributed by atoms with van der Waals surface area (Å²) in [6.45, 7) is 4.38. The lowest BCUT2D eigenvalue weighted by molar-refractivity contribution is 0.0691. The number of fused-ring (bicyclic) bond motifs is 1. The van der Waals surface area contributed by atoms with Gasteiger partial charge in [-0.2, -0.15) is 0 Å². The zero-order valence-electron chi connectivity index (χ0n) is 12.6. The lowest BCUT2D eigenvalue weighted by Crippen LogP contribution is -2.37. The third-order valence-corrected chi connectivity index (χ3v) is 4.60. The van der Waals surface area contributed by atoms with Gasteiger partial charge in [-0.1, -0.05) is 11.6 Å². The highest BCUT2D eigenvalue weighted by Gasteiger charge is 2.22. The first-order valence-electron chi connectivity index (χ1n) is 7.61. The first-order valence-corrected chi connectivity index (χ1v) is 7.99. The minimum Gasteiger partial charge on any atom is -0.393 e. The van der Waals surface area contributed by atoms with Crippen LogP contribution in [0.4, 0.5) is 0 Å². The van der Waals surface area contributed by atoms with Crippen molar-refractivity contribution in [3.8, 4) is 0 Å². The van der Waals surface area contributed by atoms with E-state index in [9.17, 15) is 9.90 Å². The van der Waals surface area contributed by atoms with Crippen molar-refractivity contribution in [2.75, 3.05) is 13.1 Å². The van der Waals surface area contributed by atoms with Crippen molar-refractivity contribution in [3.05, 3.63) is 45.5 Å². The van der Waals surface area contributed by atoms with Gasteiger partial charge in [0, 0.05) is 18.8 Å². The Morgan fingerprint density at radius 3 is 2.82 bits per heavy atom. The molecule has 1 N–H and O–H groups in total. The Labute approximate surface area is 134 Å². The van der Waals surface area contributed by atoms with Gasteiger partial charge in [-0.05, 0) is 50.9 Å². The van der Waals surface area contributed by atoms with Crippen LogP contribution in [0.15, 0.2) is 29.2 Å². The summed E-state index contributed by atoms with van der Waals surface area (Å²) >= 11 is 5.91. The summed E-state index contributed by atoms with van der Waals surface area (Å²) in [5.41, 5.74) is 1.29. The topological polar surface area (TPSA) is 57.8 Å². The van der Waals surface area contributed by atoms with Crippen LogP contribution >= 0.6 is 11.6 Å². The Kier molecular flexibility index (Phi) is 4.47. The molecule has 118 valence electrons. The van der Waals surface area contributed by atoms with Crippen LogP contribution in [0.5, 0.6) is 0 Å². The molecule has 5 nitrogen and oxygen atoms in total. The van der Waals surface area contributed by atoms with Crippen molar-refractivity contribution in [1.82, 2.24) is 14.3 Å². The maximum atomic E-state index is 12.1. The van der Waals surface area contributed by atoms with E-state index >= 15 is 0 Å². The average Bonchev–Trinajstić information content (AvgIpc) is 2.49. The molecule has 2 aromatic heterocycles. The average molecular weight is 322 g/mol. The van der Waals surface area contributed by atoms with Crippen molar-refractivity contribution in [2.24, 2.45) is 5.92 Å². The number of aliphatic hydroxyl groups is 1. The number of piperidine rings is 1. The second kappa shape index (κ2) is 6.36. The van der Waals surface area contributed by atoms with E-state index in [1.54, 1.807) is 24.4 Å². The monoisotopic (exact) mass is 321 g/mol. The number of hydrogen-bond donors (Lipinski definition) is 1. The summed E-state index contributed by atoms with van der Waals surface area (Å²) in [5.74, 6) is 0.383. The number of rotatable bonds is 3. The molecule has 0 amide bonds. The largest absolute Gasteiger partial charge is 0.393 e. The molecule has 0 saturated carbocycles. The smallest absolute Gasteiger partial charge is 0.258 e. The zero-order valence-corrected chi connectivity index (χ0v) is 13.3. The highest BCUT2D eigenvalue weighted by molar-refractivity contribution is 6.30. The number of nitrogens with zero attached hydrogens (tertiary/aromatic N) is 3. The van der Waals surface area contributed by atoms with E-state index in [-0.39, 0.29) is 11.7 Å². The molecule has 0 bridgehead atoms. The van der Waals surface area contributed by atoms with Gasteiger partial charge in [0.15, 0.2) is 0 Å². The number of aliphatic hydroxyl groups excluding tert-OH is 1. The van der Waals surface area contributed by atoms with Crippen LogP contribution in [0.25, 0.3) is 5.65 Å². The van der Waals surface area contributed by atoms with Crippen molar-refractivity contribution in [2.45, 2.75) is 32.4 Å². The van der Waals surface area contributed by atoms with Crippen LogP contribution in [0, 0.1) is 5.92 Å². The molecule has 1 fully saturated rings. The third-order valence-electron chi connectivity index (χ3n) is 4.38. The summed E-state index contributed by atoms with van der Waals surface area (Å²) in [6, 6.07) is 5.07. The predicted octanol–water partition coefficient (Wildman–Crippen LogP) is 1.94. The van der Waals surface area contributed by atoms with Crippen LogP contribution in [0.3, 0.4) is 0 Å². The van der Waals surface area contributed by atoms with Crippen LogP contribution in [-0.2, 0) is 6.54 Å². The summed E-state index contributed by atoms with van der Waals surface area (Å²) in [7, 11) is 0. The second-order valence-electron chi connectivity index (χ2n) is 6.02. The van der Waals surface area contributed by atoms with Gasteiger partial charge in [-0.15, -0.1) is 0 Å². The maximum Gasteiger partial charge on any atom is 0.258 e. The normalized spacial score (nSPS) is 18.7.